The maximum Gasteiger partial charge on any atom is 0.135 e. The van der Waals surface area contributed by atoms with Gasteiger partial charge in [0, 0.05) is 6.17 Å². The zero-order chi connectivity index (χ0) is 15.6. The summed E-state index contributed by atoms with van der Waals surface area (Å²) in [6, 6.07) is 13.1. The first-order valence-electron chi connectivity index (χ1n) is 6.92. The number of hydrogen-bond acceptors (Lipinski definition) is 2. The summed E-state index contributed by atoms with van der Waals surface area (Å²) in [7, 11) is -2.20. The Balaban J connectivity index is 0.00000192. The second kappa shape index (κ2) is 7.02. The van der Waals surface area contributed by atoms with Crippen LogP contribution in [-0.2, 0) is 6.17 Å². The normalized spacial score (nSPS) is 11.1. The molecular weight excluding hydrogens is 336 g/mol. The summed E-state index contributed by atoms with van der Waals surface area (Å²) >= 11 is 0. The number of aromatic nitrogens is 3. The molecule has 3 nitrogen and oxygen atoms in total. The summed E-state index contributed by atoms with van der Waals surface area (Å²) < 4.78 is 28.4. The van der Waals surface area contributed by atoms with E-state index >= 15 is 0 Å². The number of benzene rings is 2. The van der Waals surface area contributed by atoms with Crippen LogP contribution in [0.2, 0.25) is 6.55 Å². The topological polar surface area (TPSA) is 30.7 Å². The molecule has 120 valence electrons. The lowest BCUT2D eigenvalue weighted by atomic mass is 10.3. The van der Waals surface area contributed by atoms with Gasteiger partial charge >= 0.3 is 0 Å². The molecule has 0 N–H and O–H groups in total. The van der Waals surface area contributed by atoms with Crippen molar-refractivity contribution in [3.63, 3.8) is 0 Å². The third kappa shape index (κ3) is 3.65. The molecule has 0 fully saturated rings. The van der Waals surface area contributed by atoms with Crippen LogP contribution in [0.25, 0.3) is 0 Å². The minimum atomic E-state index is -2.20. The van der Waals surface area contributed by atoms with Crippen molar-refractivity contribution in [3.05, 3.63) is 72.8 Å². The van der Waals surface area contributed by atoms with E-state index in [2.05, 4.69) is 16.7 Å². The molecule has 0 unspecified atom stereocenters. The van der Waals surface area contributed by atoms with Gasteiger partial charge < -0.3 is 4.57 Å². The van der Waals surface area contributed by atoms with E-state index in [0.717, 1.165) is 10.4 Å². The van der Waals surface area contributed by atoms with Gasteiger partial charge in [0.1, 0.15) is 32.4 Å². The van der Waals surface area contributed by atoms with Gasteiger partial charge in [-0.15, -0.1) is 22.6 Å². The third-order valence-electron chi connectivity index (χ3n) is 3.93. The first-order chi connectivity index (χ1) is 10.6. The van der Waals surface area contributed by atoms with Crippen LogP contribution in [0, 0.1) is 11.6 Å². The maximum absolute atomic E-state index is 13.2. The molecule has 2 aromatic carbocycles. The highest BCUT2D eigenvalue weighted by molar-refractivity contribution is 7.00. The van der Waals surface area contributed by atoms with Gasteiger partial charge in [0.25, 0.3) is 0 Å². The lowest BCUT2D eigenvalue weighted by Crippen LogP contribution is -2.59. The Morgan fingerprint density at radius 2 is 1.22 bits per heavy atom. The van der Waals surface area contributed by atoms with E-state index in [1.807, 2.05) is 28.8 Å². The molecule has 0 radical (unpaired) electrons. The summed E-state index contributed by atoms with van der Waals surface area (Å²) in [6.45, 7) is 2.17. The average Bonchev–Trinajstić information content (AvgIpc) is 3.01. The quantitative estimate of drug-likeness (QED) is 0.676. The van der Waals surface area contributed by atoms with Gasteiger partial charge in [-0.1, -0.05) is 41.2 Å². The Bertz CT molecular complexity index is 701. The molecule has 0 spiro atoms. The number of nitrogens with zero attached hydrogens (tertiary/aromatic N) is 3. The van der Waals surface area contributed by atoms with Crippen LogP contribution >= 0.6 is 12.4 Å². The van der Waals surface area contributed by atoms with E-state index in [1.165, 1.54) is 24.3 Å². The summed E-state index contributed by atoms with van der Waals surface area (Å²) in [4.78, 5) is 0. The van der Waals surface area contributed by atoms with E-state index in [-0.39, 0.29) is 24.0 Å². The van der Waals surface area contributed by atoms with E-state index < -0.39 is 8.07 Å². The van der Waals surface area contributed by atoms with Crippen molar-refractivity contribution >= 4 is 30.9 Å². The van der Waals surface area contributed by atoms with Crippen molar-refractivity contribution in [1.29, 1.82) is 0 Å². The Morgan fingerprint density at radius 3 is 1.61 bits per heavy atom. The highest BCUT2D eigenvalue weighted by Gasteiger charge is 2.32. The van der Waals surface area contributed by atoms with Crippen LogP contribution in [0.5, 0.6) is 0 Å². The summed E-state index contributed by atoms with van der Waals surface area (Å²) in [5.74, 6) is -0.521. The van der Waals surface area contributed by atoms with Gasteiger partial charge in [-0.25, -0.2) is 8.78 Å². The minimum Gasteiger partial charge on any atom is -0.322 e. The number of hydrogen-bond donors (Lipinski definition) is 0. The molecule has 1 heterocycles. The molecule has 0 aliphatic carbocycles. The molecule has 0 amide bonds. The van der Waals surface area contributed by atoms with Crippen LogP contribution in [0.1, 0.15) is 0 Å². The monoisotopic (exact) mass is 351 g/mol. The number of halogens is 3. The van der Waals surface area contributed by atoms with Gasteiger partial charge in [-0.05, 0) is 24.3 Å². The van der Waals surface area contributed by atoms with E-state index in [4.69, 9.17) is 0 Å². The van der Waals surface area contributed by atoms with Crippen LogP contribution in [0.4, 0.5) is 8.78 Å². The first kappa shape index (κ1) is 17.3. The van der Waals surface area contributed by atoms with Crippen LogP contribution < -0.4 is 10.4 Å². The number of rotatable bonds is 4. The molecule has 0 bridgehead atoms. The lowest BCUT2D eigenvalue weighted by Gasteiger charge is -2.29. The molecule has 3 aromatic rings. The Labute approximate surface area is 140 Å². The first-order valence-corrected chi connectivity index (χ1v) is 9.63. The van der Waals surface area contributed by atoms with E-state index in [1.54, 1.807) is 12.7 Å². The standard InChI is InChI=1S/C16H15F2N3Si.ClH/c1-22(12-21-10-19-20-11-21,15-6-2-13(17)3-7-15)16-8-4-14(18)5-9-16;/h2-11H,12H2,1H3;1H. The maximum atomic E-state index is 13.2. The van der Waals surface area contributed by atoms with Crippen LogP contribution in [-0.4, -0.2) is 22.8 Å². The van der Waals surface area contributed by atoms with Crippen molar-refractivity contribution in [2.24, 2.45) is 0 Å². The largest absolute Gasteiger partial charge is 0.322 e. The molecule has 7 heteroatoms. The summed E-state index contributed by atoms with van der Waals surface area (Å²) in [6.07, 6.45) is 4.04. The molecule has 1 aromatic heterocycles. The Kier molecular flexibility index (Phi) is 5.28. The van der Waals surface area contributed by atoms with Crippen LogP contribution in [0.15, 0.2) is 61.2 Å². The zero-order valence-corrected chi connectivity index (χ0v) is 14.3. The molecule has 0 aliphatic rings. The zero-order valence-electron chi connectivity index (χ0n) is 12.5. The Hall–Kier alpha value is -2.05. The highest BCUT2D eigenvalue weighted by Crippen LogP contribution is 2.10. The highest BCUT2D eigenvalue weighted by atomic mass is 35.5. The molecule has 3 rings (SSSR count). The predicted molar refractivity (Wildman–Crippen MR) is 91.0 cm³/mol. The fraction of sp³-hybridized carbons (Fsp3) is 0.125. The van der Waals surface area contributed by atoms with Crippen molar-refractivity contribution in [3.8, 4) is 0 Å². The van der Waals surface area contributed by atoms with Crippen molar-refractivity contribution in [2.45, 2.75) is 12.7 Å². The van der Waals surface area contributed by atoms with Gasteiger partial charge in [-0.2, -0.15) is 0 Å². The average molecular weight is 352 g/mol. The summed E-state index contributed by atoms with van der Waals surface area (Å²) in [5, 5.41) is 9.83. The van der Waals surface area contributed by atoms with Crippen LogP contribution in [0.3, 0.4) is 0 Å². The van der Waals surface area contributed by atoms with E-state index in [0.29, 0.717) is 6.17 Å². The second-order valence-electron chi connectivity index (χ2n) is 5.48. The molecule has 0 aliphatic heterocycles. The fourth-order valence-corrected chi connectivity index (χ4v) is 6.05. The third-order valence-corrected chi connectivity index (χ3v) is 8.14. The second-order valence-corrected chi connectivity index (χ2v) is 9.62. The summed E-state index contributed by atoms with van der Waals surface area (Å²) in [5.41, 5.74) is 0. The molecular formula is C16H16ClF2N3Si. The van der Waals surface area contributed by atoms with Gasteiger partial charge in [-0.3, -0.25) is 0 Å². The van der Waals surface area contributed by atoms with E-state index in [9.17, 15) is 8.78 Å². The molecule has 0 saturated carbocycles. The minimum absolute atomic E-state index is 0. The van der Waals surface area contributed by atoms with Crippen molar-refractivity contribution in [2.75, 3.05) is 0 Å². The molecule has 0 saturated heterocycles. The lowest BCUT2D eigenvalue weighted by molar-refractivity contribution is 0.628. The predicted octanol–water partition coefficient (Wildman–Crippen LogP) is 2.41. The fourth-order valence-electron chi connectivity index (χ4n) is 2.65. The molecule has 23 heavy (non-hydrogen) atoms. The molecule has 0 atom stereocenters. The SMILES string of the molecule is C[Si](Cn1cnnc1)(c1ccc(F)cc1)c1ccc(F)cc1.Cl. The van der Waals surface area contributed by atoms with Gasteiger partial charge in [0.05, 0.1) is 0 Å². The Morgan fingerprint density at radius 1 is 0.826 bits per heavy atom. The van der Waals surface area contributed by atoms with Crippen molar-refractivity contribution < 1.29 is 8.78 Å². The van der Waals surface area contributed by atoms with Crippen molar-refractivity contribution in [1.82, 2.24) is 14.8 Å². The smallest absolute Gasteiger partial charge is 0.135 e. The van der Waals surface area contributed by atoms with Gasteiger partial charge in [0.15, 0.2) is 0 Å². The van der Waals surface area contributed by atoms with Gasteiger partial charge in [0.2, 0.25) is 0 Å².